The maximum absolute atomic E-state index is 13.0. The second-order valence-corrected chi connectivity index (χ2v) is 8.55. The Bertz CT molecular complexity index is 873. The Kier molecular flexibility index (Phi) is 5.69. The first kappa shape index (κ1) is 18.9. The number of halogens is 1. The Morgan fingerprint density at radius 1 is 1.19 bits per heavy atom. The summed E-state index contributed by atoms with van der Waals surface area (Å²) in [4.78, 5) is 4.25. The van der Waals surface area contributed by atoms with Gasteiger partial charge in [0.1, 0.15) is 22.5 Å². The minimum atomic E-state index is -3.73. The van der Waals surface area contributed by atoms with Gasteiger partial charge < -0.3 is 14.2 Å². The topological polar surface area (TPSA) is 78.0 Å². The molecule has 0 N–H and O–H groups in total. The van der Waals surface area contributed by atoms with Gasteiger partial charge in [-0.05, 0) is 40.5 Å². The number of nitrogens with zero attached hydrogens (tertiary/aromatic N) is 2. The van der Waals surface area contributed by atoms with E-state index in [0.717, 1.165) is 4.47 Å². The fraction of sp³-hybridized carbons (Fsp3) is 0.353. The van der Waals surface area contributed by atoms with E-state index in [1.807, 2.05) is 6.07 Å². The van der Waals surface area contributed by atoms with Crippen LogP contribution < -0.4 is 14.2 Å². The zero-order valence-corrected chi connectivity index (χ0v) is 16.8. The first-order valence-corrected chi connectivity index (χ1v) is 10.2. The summed E-state index contributed by atoms with van der Waals surface area (Å²) >= 11 is 3.32. The molecule has 1 aromatic carbocycles. The van der Waals surface area contributed by atoms with E-state index in [0.29, 0.717) is 24.6 Å². The summed E-state index contributed by atoms with van der Waals surface area (Å²) in [5.74, 6) is 1.21. The molecule has 0 amide bonds. The first-order valence-electron chi connectivity index (χ1n) is 7.94. The number of hydrogen-bond donors (Lipinski definition) is 0. The third kappa shape index (κ3) is 3.94. The van der Waals surface area contributed by atoms with Gasteiger partial charge in [-0.3, -0.25) is 0 Å². The summed E-state index contributed by atoms with van der Waals surface area (Å²) in [5, 5.41) is 0. The molecule has 2 heterocycles. The van der Waals surface area contributed by atoms with Gasteiger partial charge in [-0.25, -0.2) is 13.4 Å². The monoisotopic (exact) mass is 442 g/mol. The number of benzene rings is 1. The predicted octanol–water partition coefficient (Wildman–Crippen LogP) is 2.70. The van der Waals surface area contributed by atoms with Crippen LogP contribution in [0.5, 0.6) is 17.4 Å². The Morgan fingerprint density at radius 3 is 2.65 bits per heavy atom. The van der Waals surface area contributed by atoms with Gasteiger partial charge in [-0.1, -0.05) is 0 Å². The van der Waals surface area contributed by atoms with Gasteiger partial charge in [-0.2, -0.15) is 4.31 Å². The molecule has 1 unspecified atom stereocenters. The third-order valence-corrected chi connectivity index (χ3v) is 6.44. The van der Waals surface area contributed by atoms with Gasteiger partial charge >= 0.3 is 0 Å². The summed E-state index contributed by atoms with van der Waals surface area (Å²) in [6.45, 7) is 0.615. The average Bonchev–Trinajstić information content (AvgIpc) is 3.12. The zero-order chi connectivity index (χ0) is 18.7. The van der Waals surface area contributed by atoms with Crippen molar-refractivity contribution in [1.29, 1.82) is 0 Å². The van der Waals surface area contributed by atoms with E-state index in [4.69, 9.17) is 14.2 Å². The average molecular weight is 443 g/mol. The van der Waals surface area contributed by atoms with Crippen molar-refractivity contribution in [3.05, 3.63) is 41.0 Å². The maximum Gasteiger partial charge on any atom is 0.247 e. The molecular weight excluding hydrogens is 424 g/mol. The predicted molar refractivity (Wildman–Crippen MR) is 99.3 cm³/mol. The van der Waals surface area contributed by atoms with Crippen molar-refractivity contribution in [2.45, 2.75) is 17.4 Å². The van der Waals surface area contributed by atoms with Gasteiger partial charge in [-0.15, -0.1) is 0 Å². The lowest BCUT2D eigenvalue weighted by molar-refractivity contribution is 0.207. The molecule has 0 aliphatic carbocycles. The molecule has 7 nitrogen and oxygen atoms in total. The van der Waals surface area contributed by atoms with Crippen LogP contribution in [0.1, 0.15) is 6.42 Å². The third-order valence-electron chi connectivity index (χ3n) is 4.08. The van der Waals surface area contributed by atoms with Crippen LogP contribution in [0.4, 0.5) is 0 Å². The van der Waals surface area contributed by atoms with Gasteiger partial charge in [0.15, 0.2) is 0 Å². The maximum atomic E-state index is 13.0. The second kappa shape index (κ2) is 7.81. The molecule has 2 aromatic rings. The largest absolute Gasteiger partial charge is 0.497 e. The summed E-state index contributed by atoms with van der Waals surface area (Å²) in [7, 11) is -0.796. The normalized spacial score (nSPS) is 17.9. The van der Waals surface area contributed by atoms with Crippen molar-refractivity contribution in [2.24, 2.45) is 0 Å². The van der Waals surface area contributed by atoms with Crippen LogP contribution in [-0.4, -0.2) is 51.1 Å². The van der Waals surface area contributed by atoms with Crippen molar-refractivity contribution < 1.29 is 22.6 Å². The van der Waals surface area contributed by atoms with E-state index in [1.54, 1.807) is 24.4 Å². The van der Waals surface area contributed by atoms with E-state index in [9.17, 15) is 8.42 Å². The second-order valence-electron chi connectivity index (χ2n) is 5.72. The van der Waals surface area contributed by atoms with Crippen LogP contribution in [0.2, 0.25) is 0 Å². The fourth-order valence-corrected chi connectivity index (χ4v) is 4.63. The molecule has 1 saturated heterocycles. The highest BCUT2D eigenvalue weighted by atomic mass is 79.9. The summed E-state index contributed by atoms with van der Waals surface area (Å²) < 4.78 is 44.5. The SMILES string of the molecule is COc1ccc(OC)c(S(=O)(=O)N2CCC(Oc3ccc(Br)cn3)C2)c1. The molecule has 1 aliphatic rings. The van der Waals surface area contributed by atoms with Crippen LogP contribution in [0, 0.1) is 0 Å². The molecule has 0 bridgehead atoms. The van der Waals surface area contributed by atoms with E-state index >= 15 is 0 Å². The Morgan fingerprint density at radius 2 is 2.00 bits per heavy atom. The van der Waals surface area contributed by atoms with Crippen LogP contribution >= 0.6 is 15.9 Å². The minimum absolute atomic E-state index is 0.0850. The van der Waals surface area contributed by atoms with Gasteiger partial charge in [0.05, 0.1) is 20.8 Å². The van der Waals surface area contributed by atoms with Crippen molar-refractivity contribution in [3.63, 3.8) is 0 Å². The smallest absolute Gasteiger partial charge is 0.247 e. The molecule has 3 rings (SSSR count). The number of ether oxygens (including phenoxy) is 3. The lowest BCUT2D eigenvalue weighted by Crippen LogP contribution is -2.31. The first-order chi connectivity index (χ1) is 12.4. The van der Waals surface area contributed by atoms with Crippen LogP contribution in [0.15, 0.2) is 45.9 Å². The lowest BCUT2D eigenvalue weighted by Gasteiger charge is -2.19. The number of hydrogen-bond acceptors (Lipinski definition) is 6. The number of methoxy groups -OCH3 is 2. The van der Waals surface area contributed by atoms with Crippen molar-refractivity contribution >= 4 is 26.0 Å². The molecule has 1 aromatic heterocycles. The van der Waals surface area contributed by atoms with Crippen LogP contribution in [0.3, 0.4) is 0 Å². The Hall–Kier alpha value is -1.84. The highest BCUT2D eigenvalue weighted by molar-refractivity contribution is 9.10. The number of pyridine rings is 1. The molecule has 1 aliphatic heterocycles. The summed E-state index contributed by atoms with van der Waals surface area (Å²) in [6, 6.07) is 8.28. The number of aromatic nitrogens is 1. The van der Waals surface area contributed by atoms with Gasteiger partial charge in [0.2, 0.25) is 15.9 Å². The van der Waals surface area contributed by atoms with Crippen LogP contribution in [0.25, 0.3) is 0 Å². The highest BCUT2D eigenvalue weighted by Gasteiger charge is 2.35. The molecule has 1 fully saturated rings. The van der Waals surface area contributed by atoms with E-state index < -0.39 is 10.0 Å². The molecule has 140 valence electrons. The molecule has 9 heteroatoms. The molecular formula is C17H19BrN2O5S. The van der Waals surface area contributed by atoms with Crippen molar-refractivity contribution in [1.82, 2.24) is 9.29 Å². The lowest BCUT2D eigenvalue weighted by atomic mass is 10.3. The summed E-state index contributed by atoms with van der Waals surface area (Å²) in [6.07, 6.45) is 1.97. The fourth-order valence-electron chi connectivity index (χ4n) is 2.74. The summed E-state index contributed by atoms with van der Waals surface area (Å²) in [5.41, 5.74) is 0. The van der Waals surface area contributed by atoms with E-state index in [-0.39, 0.29) is 23.3 Å². The molecule has 1 atom stereocenters. The van der Waals surface area contributed by atoms with Crippen molar-refractivity contribution in [2.75, 3.05) is 27.3 Å². The number of sulfonamides is 1. The standard InChI is InChI=1S/C17H19BrN2O5S/c1-23-13-4-5-15(24-2)16(9-13)26(21,22)20-8-7-14(11-20)25-17-6-3-12(18)10-19-17/h3-6,9-10,14H,7-8,11H2,1-2H3. The van der Waals surface area contributed by atoms with Gasteiger partial charge in [0, 0.05) is 29.3 Å². The van der Waals surface area contributed by atoms with Crippen LogP contribution in [-0.2, 0) is 10.0 Å². The van der Waals surface area contributed by atoms with E-state index in [1.165, 1.54) is 24.6 Å². The Balaban J connectivity index is 1.78. The molecule has 0 radical (unpaired) electrons. The molecule has 0 spiro atoms. The quantitative estimate of drug-likeness (QED) is 0.684. The zero-order valence-electron chi connectivity index (χ0n) is 14.4. The van der Waals surface area contributed by atoms with E-state index in [2.05, 4.69) is 20.9 Å². The highest BCUT2D eigenvalue weighted by Crippen LogP contribution is 2.32. The molecule has 0 saturated carbocycles. The van der Waals surface area contributed by atoms with Crippen molar-refractivity contribution in [3.8, 4) is 17.4 Å². The van der Waals surface area contributed by atoms with Gasteiger partial charge in [0.25, 0.3) is 0 Å². The minimum Gasteiger partial charge on any atom is -0.497 e. The Labute approximate surface area is 161 Å². The molecule has 26 heavy (non-hydrogen) atoms. The number of rotatable bonds is 6.